The first-order valence-corrected chi connectivity index (χ1v) is 19.9. The third-order valence-corrected chi connectivity index (χ3v) is 10.6. The summed E-state index contributed by atoms with van der Waals surface area (Å²) >= 11 is 0. The summed E-state index contributed by atoms with van der Waals surface area (Å²) in [5.41, 5.74) is 4.19. The Morgan fingerprint density at radius 1 is 0.273 bits per heavy atom. The fraction of sp³-hybridized carbons (Fsp3) is 0.0741. The highest BCUT2D eigenvalue weighted by molar-refractivity contribution is 5.94. The van der Waals surface area contributed by atoms with Gasteiger partial charge in [-0.25, -0.2) is 0 Å². The summed E-state index contributed by atoms with van der Waals surface area (Å²) in [6, 6.07) is 39.6. The molecule has 0 bridgehead atoms. The standard InChI is InChI=1S/C54H34F12/c1-34(40-18-26-46(27-19-40)52(58,59)60)39-12-6-37(7-13-39)32-50(44-22-30-48(31-23-44)54(64,65)66)42-16-8-38(9-17-42)33-49(43-20-28-47(29-21-43)53(61,62)63)41-14-4-35(5-15-41)2-3-36-10-24-45(25-11-36)51(55,56)57/h2-33H,1H2/b3-2+,49-33-,50-32-. The van der Waals surface area contributed by atoms with Gasteiger partial charge >= 0.3 is 24.7 Å². The Balaban J connectivity index is 1.21. The molecule has 0 spiro atoms. The van der Waals surface area contributed by atoms with Gasteiger partial charge in [0.15, 0.2) is 0 Å². The molecule has 0 saturated carbocycles. The van der Waals surface area contributed by atoms with Gasteiger partial charge in [0.1, 0.15) is 0 Å². The Morgan fingerprint density at radius 2 is 0.470 bits per heavy atom. The first kappa shape index (κ1) is 46.6. The average molecular weight is 911 g/mol. The van der Waals surface area contributed by atoms with E-state index in [4.69, 9.17) is 0 Å². The smallest absolute Gasteiger partial charge is 0.166 e. The maximum Gasteiger partial charge on any atom is 0.416 e. The van der Waals surface area contributed by atoms with Crippen LogP contribution in [0.5, 0.6) is 0 Å². The number of hydrogen-bond acceptors (Lipinski definition) is 0. The summed E-state index contributed by atoms with van der Waals surface area (Å²) in [5, 5.41) is 0. The molecule has 0 unspecified atom stereocenters. The van der Waals surface area contributed by atoms with Crippen LogP contribution in [0.4, 0.5) is 52.7 Å². The lowest BCUT2D eigenvalue weighted by Gasteiger charge is -2.14. The van der Waals surface area contributed by atoms with Gasteiger partial charge in [-0.1, -0.05) is 140 Å². The Morgan fingerprint density at radius 3 is 0.742 bits per heavy atom. The maximum absolute atomic E-state index is 13.6. The Bertz CT molecular complexity index is 2870. The van der Waals surface area contributed by atoms with Crippen LogP contribution in [0.15, 0.2) is 176 Å². The highest BCUT2D eigenvalue weighted by atomic mass is 19.4. The van der Waals surface area contributed by atoms with E-state index in [1.807, 2.05) is 0 Å². The molecule has 12 heteroatoms. The third kappa shape index (κ3) is 11.5. The van der Waals surface area contributed by atoms with Gasteiger partial charge in [-0.3, -0.25) is 0 Å². The minimum Gasteiger partial charge on any atom is -0.166 e. The van der Waals surface area contributed by atoms with Crippen molar-refractivity contribution in [1.29, 1.82) is 0 Å². The summed E-state index contributed by atoms with van der Waals surface area (Å²) in [4.78, 5) is 0. The molecule has 0 fully saturated rings. The van der Waals surface area contributed by atoms with Crippen LogP contribution in [-0.4, -0.2) is 0 Å². The zero-order valence-electron chi connectivity index (χ0n) is 34.2. The topological polar surface area (TPSA) is 0 Å². The molecule has 0 aliphatic rings. The van der Waals surface area contributed by atoms with Crippen molar-refractivity contribution in [2.45, 2.75) is 24.7 Å². The van der Waals surface area contributed by atoms with Crippen molar-refractivity contribution in [3.05, 3.63) is 254 Å². The van der Waals surface area contributed by atoms with E-state index in [2.05, 4.69) is 6.58 Å². The van der Waals surface area contributed by atoms with Crippen LogP contribution in [0.25, 0.3) is 41.0 Å². The number of rotatable bonds is 10. The molecule has 66 heavy (non-hydrogen) atoms. The van der Waals surface area contributed by atoms with Gasteiger partial charge in [-0.15, -0.1) is 0 Å². The number of halogens is 12. The monoisotopic (exact) mass is 910 g/mol. The average Bonchev–Trinajstić information content (AvgIpc) is 3.29. The van der Waals surface area contributed by atoms with Gasteiger partial charge in [0.05, 0.1) is 22.3 Å². The predicted molar refractivity (Wildman–Crippen MR) is 236 cm³/mol. The molecule has 7 aromatic carbocycles. The van der Waals surface area contributed by atoms with Crippen molar-refractivity contribution in [3.63, 3.8) is 0 Å². The Labute approximate surface area is 371 Å². The predicted octanol–water partition coefficient (Wildman–Crippen LogP) is 17.2. The van der Waals surface area contributed by atoms with Gasteiger partial charge in [0.25, 0.3) is 0 Å². The van der Waals surface area contributed by atoms with Crippen molar-refractivity contribution in [3.8, 4) is 0 Å². The molecule has 7 rings (SSSR count). The molecule has 7 aromatic rings. The lowest BCUT2D eigenvalue weighted by Crippen LogP contribution is -2.04. The molecule has 0 N–H and O–H groups in total. The molecule has 0 aliphatic carbocycles. The summed E-state index contributed by atoms with van der Waals surface area (Å²) in [5.74, 6) is 0. The van der Waals surface area contributed by atoms with E-state index < -0.39 is 47.0 Å². The van der Waals surface area contributed by atoms with Crippen LogP contribution >= 0.6 is 0 Å². The zero-order valence-corrected chi connectivity index (χ0v) is 34.2. The second-order valence-electron chi connectivity index (χ2n) is 15.1. The Kier molecular flexibility index (Phi) is 13.2. The molecule has 0 nitrogen and oxygen atoms in total. The second-order valence-corrected chi connectivity index (χ2v) is 15.1. The first-order chi connectivity index (χ1) is 31.1. The summed E-state index contributed by atoms with van der Waals surface area (Å²) in [7, 11) is 0. The SMILES string of the molecule is C=C(c1ccc(/C=C(/c2ccc(/C=C(/c3ccc(/C=C/c4ccc(C(F)(F)F)cc4)cc3)c3ccc(C(F)(F)F)cc3)cc2)c2ccc(C(F)(F)F)cc2)cc1)c1ccc(C(F)(F)F)cc1. The molecule has 0 heterocycles. The third-order valence-electron chi connectivity index (χ3n) is 10.6. The largest absolute Gasteiger partial charge is 0.416 e. The minimum atomic E-state index is -4.57. The highest BCUT2D eigenvalue weighted by Crippen LogP contribution is 2.36. The lowest BCUT2D eigenvalue weighted by molar-refractivity contribution is -0.138. The minimum absolute atomic E-state index is 0.461. The van der Waals surface area contributed by atoms with Crippen LogP contribution in [0, 0.1) is 0 Å². The number of benzene rings is 7. The molecule has 0 atom stereocenters. The van der Waals surface area contributed by atoms with Gasteiger partial charge in [-0.05, 0) is 133 Å². The van der Waals surface area contributed by atoms with Gasteiger partial charge in [0.2, 0.25) is 0 Å². The summed E-state index contributed by atoms with van der Waals surface area (Å²) < 4.78 is 160. The van der Waals surface area contributed by atoms with Gasteiger partial charge < -0.3 is 0 Å². The quantitative estimate of drug-likeness (QED) is 0.0947. The van der Waals surface area contributed by atoms with Crippen LogP contribution in [0.3, 0.4) is 0 Å². The normalized spacial score (nSPS) is 13.0. The van der Waals surface area contributed by atoms with Crippen molar-refractivity contribution >= 4 is 41.0 Å². The van der Waals surface area contributed by atoms with E-state index in [9.17, 15) is 52.7 Å². The molecule has 0 aromatic heterocycles. The molecule has 0 saturated heterocycles. The van der Waals surface area contributed by atoms with Gasteiger partial charge in [0, 0.05) is 0 Å². The van der Waals surface area contributed by atoms with E-state index in [1.54, 1.807) is 97.1 Å². The van der Waals surface area contributed by atoms with Crippen LogP contribution in [-0.2, 0) is 24.7 Å². The van der Waals surface area contributed by atoms with Crippen LogP contribution in [0.1, 0.15) is 77.9 Å². The van der Waals surface area contributed by atoms with E-state index in [0.717, 1.165) is 48.5 Å². The van der Waals surface area contributed by atoms with E-state index in [1.165, 1.54) is 48.5 Å². The van der Waals surface area contributed by atoms with Crippen LogP contribution in [0.2, 0.25) is 0 Å². The fourth-order valence-corrected chi connectivity index (χ4v) is 6.99. The van der Waals surface area contributed by atoms with Gasteiger partial charge in [-0.2, -0.15) is 52.7 Å². The van der Waals surface area contributed by atoms with E-state index in [-0.39, 0.29) is 0 Å². The fourth-order valence-electron chi connectivity index (χ4n) is 6.99. The number of alkyl halides is 12. The second kappa shape index (κ2) is 18.6. The maximum atomic E-state index is 13.6. The molecule has 0 radical (unpaired) electrons. The van der Waals surface area contributed by atoms with E-state index in [0.29, 0.717) is 72.4 Å². The number of hydrogen-bond donors (Lipinski definition) is 0. The molecular formula is C54H34F12. The first-order valence-electron chi connectivity index (χ1n) is 19.9. The molecule has 0 aliphatic heterocycles. The Hall–Kier alpha value is -7.34. The van der Waals surface area contributed by atoms with Crippen molar-refractivity contribution in [2.75, 3.05) is 0 Å². The molecular weight excluding hydrogens is 877 g/mol. The van der Waals surface area contributed by atoms with E-state index >= 15 is 0 Å². The van der Waals surface area contributed by atoms with Crippen molar-refractivity contribution < 1.29 is 52.7 Å². The molecule has 334 valence electrons. The highest BCUT2D eigenvalue weighted by Gasteiger charge is 2.32. The van der Waals surface area contributed by atoms with Crippen LogP contribution < -0.4 is 0 Å². The van der Waals surface area contributed by atoms with Crippen molar-refractivity contribution in [1.82, 2.24) is 0 Å². The summed E-state index contributed by atoms with van der Waals surface area (Å²) in [6.45, 7) is 4.04. The molecule has 0 amide bonds. The summed E-state index contributed by atoms with van der Waals surface area (Å²) in [6.07, 6.45) is -11.2. The lowest BCUT2D eigenvalue weighted by atomic mass is 9.92. The zero-order chi connectivity index (χ0) is 47.4. The van der Waals surface area contributed by atoms with Crippen molar-refractivity contribution in [2.24, 2.45) is 0 Å².